The number of allylic oxidation sites excluding steroid dienone is 3. The highest BCUT2D eigenvalue weighted by atomic mass is 16.4. The number of carbonyl (C=O) groups excluding carboxylic acids is 1. The van der Waals surface area contributed by atoms with Crippen LogP contribution in [0.15, 0.2) is 48.6 Å². The number of carbonyl (C=O) groups is 2. The van der Waals surface area contributed by atoms with Gasteiger partial charge in [0, 0.05) is 24.7 Å². The molecule has 1 aromatic carbocycles. The van der Waals surface area contributed by atoms with Crippen LogP contribution in [0.5, 0.6) is 0 Å². The summed E-state index contributed by atoms with van der Waals surface area (Å²) in [6.07, 6.45) is 13.3. The fourth-order valence-electron chi connectivity index (χ4n) is 5.08. The Balaban J connectivity index is 1.40. The van der Waals surface area contributed by atoms with Gasteiger partial charge in [-0.1, -0.05) is 55.0 Å². The molecule has 1 aromatic rings. The van der Waals surface area contributed by atoms with Gasteiger partial charge in [-0.2, -0.15) is 0 Å². The molecule has 4 atom stereocenters. The van der Waals surface area contributed by atoms with Crippen LogP contribution in [0.1, 0.15) is 62.5 Å². The van der Waals surface area contributed by atoms with E-state index in [1.54, 1.807) is 12.2 Å². The van der Waals surface area contributed by atoms with E-state index in [-0.39, 0.29) is 30.5 Å². The van der Waals surface area contributed by atoms with Crippen LogP contribution in [0.2, 0.25) is 0 Å². The standard InChI is InChI=1S/C27H36O5/c28-22(11-7-8-19-16-20-9-5-6-10-21(20)17-19)14-15-24-23(25(29)18-26(24)30)12-3-1-2-4-13-27(31)32/h1,3,5-6,9-10,14-15,19,22-25,28-29H,2,4,7-8,11-13,16-18H2,(H,31,32)/t22?,23-,24-,25+/m1/s1. The smallest absolute Gasteiger partial charge is 0.303 e. The Morgan fingerprint density at radius 1 is 1.09 bits per heavy atom. The first kappa shape index (κ1) is 24.4. The van der Waals surface area contributed by atoms with Crippen molar-refractivity contribution >= 4 is 11.8 Å². The molecule has 0 saturated heterocycles. The lowest BCUT2D eigenvalue weighted by atomic mass is 9.90. The summed E-state index contributed by atoms with van der Waals surface area (Å²) >= 11 is 0. The van der Waals surface area contributed by atoms with Crippen LogP contribution in [0, 0.1) is 17.8 Å². The second kappa shape index (κ2) is 12.1. The van der Waals surface area contributed by atoms with Crippen molar-refractivity contribution in [1.29, 1.82) is 0 Å². The van der Waals surface area contributed by atoms with Gasteiger partial charge in [-0.3, -0.25) is 9.59 Å². The molecule has 5 nitrogen and oxygen atoms in total. The van der Waals surface area contributed by atoms with E-state index in [4.69, 9.17) is 5.11 Å². The van der Waals surface area contributed by atoms with E-state index in [2.05, 4.69) is 24.3 Å². The van der Waals surface area contributed by atoms with Gasteiger partial charge in [0.25, 0.3) is 0 Å². The lowest BCUT2D eigenvalue weighted by Crippen LogP contribution is -2.19. The predicted octanol–water partition coefficient (Wildman–Crippen LogP) is 4.26. The molecule has 1 unspecified atom stereocenters. The molecule has 5 heteroatoms. The first-order valence-electron chi connectivity index (χ1n) is 11.9. The molecular weight excluding hydrogens is 404 g/mol. The van der Waals surface area contributed by atoms with Crippen molar-refractivity contribution in [3.8, 4) is 0 Å². The molecule has 2 aliphatic rings. The Hall–Kier alpha value is -2.24. The molecule has 32 heavy (non-hydrogen) atoms. The van der Waals surface area contributed by atoms with Crippen LogP contribution in [-0.2, 0) is 22.4 Å². The van der Waals surface area contributed by atoms with Crippen LogP contribution in [0.25, 0.3) is 0 Å². The predicted molar refractivity (Wildman–Crippen MR) is 124 cm³/mol. The van der Waals surface area contributed by atoms with Gasteiger partial charge in [-0.25, -0.2) is 0 Å². The van der Waals surface area contributed by atoms with Gasteiger partial charge >= 0.3 is 5.97 Å². The molecule has 0 heterocycles. The van der Waals surface area contributed by atoms with E-state index < -0.39 is 18.2 Å². The number of ketones is 1. The zero-order chi connectivity index (χ0) is 22.9. The summed E-state index contributed by atoms with van der Waals surface area (Å²) in [5, 5.41) is 29.3. The number of hydrogen-bond acceptors (Lipinski definition) is 4. The largest absolute Gasteiger partial charge is 0.481 e. The highest BCUT2D eigenvalue weighted by Gasteiger charge is 2.39. The highest BCUT2D eigenvalue weighted by molar-refractivity contribution is 5.86. The van der Waals surface area contributed by atoms with E-state index in [0.717, 1.165) is 25.7 Å². The molecule has 1 saturated carbocycles. The maximum atomic E-state index is 12.3. The number of hydrogen-bond donors (Lipinski definition) is 3. The zero-order valence-electron chi connectivity index (χ0n) is 18.7. The number of aliphatic hydroxyl groups excluding tert-OH is 2. The van der Waals surface area contributed by atoms with Crippen LogP contribution >= 0.6 is 0 Å². The Morgan fingerprint density at radius 2 is 1.81 bits per heavy atom. The second-order valence-electron chi connectivity index (χ2n) is 9.35. The van der Waals surface area contributed by atoms with Crippen LogP contribution in [0.4, 0.5) is 0 Å². The molecule has 2 aliphatic carbocycles. The molecular formula is C27H36O5. The summed E-state index contributed by atoms with van der Waals surface area (Å²) in [4.78, 5) is 22.9. The molecule has 0 aliphatic heterocycles. The highest BCUT2D eigenvalue weighted by Crippen LogP contribution is 2.34. The number of carboxylic acid groups (broad SMARTS) is 1. The molecule has 0 radical (unpaired) electrons. The summed E-state index contributed by atoms with van der Waals surface area (Å²) in [6, 6.07) is 8.61. The van der Waals surface area contributed by atoms with Crippen molar-refractivity contribution in [2.45, 2.75) is 76.4 Å². The lowest BCUT2D eigenvalue weighted by Gasteiger charge is -2.17. The van der Waals surface area contributed by atoms with Crippen LogP contribution in [0.3, 0.4) is 0 Å². The van der Waals surface area contributed by atoms with E-state index in [0.29, 0.717) is 31.6 Å². The third-order valence-corrected chi connectivity index (χ3v) is 6.86. The molecule has 3 N–H and O–H groups in total. The average Bonchev–Trinajstić information content (AvgIpc) is 3.28. The normalized spacial score (nSPS) is 24.6. The van der Waals surface area contributed by atoms with E-state index in [9.17, 15) is 19.8 Å². The number of carboxylic acids is 1. The van der Waals surface area contributed by atoms with Crippen molar-refractivity contribution in [3.63, 3.8) is 0 Å². The maximum absolute atomic E-state index is 12.3. The number of aliphatic carboxylic acids is 1. The minimum atomic E-state index is -0.799. The number of unbranched alkanes of at least 4 members (excludes halogenated alkanes) is 1. The Labute approximate surface area is 190 Å². The molecule has 0 spiro atoms. The fraction of sp³-hybridized carbons (Fsp3) is 0.556. The zero-order valence-corrected chi connectivity index (χ0v) is 18.7. The number of fused-ring (bicyclic) bond motifs is 1. The third-order valence-electron chi connectivity index (χ3n) is 6.86. The molecule has 0 aromatic heterocycles. The van der Waals surface area contributed by atoms with Gasteiger partial charge in [0.1, 0.15) is 5.78 Å². The van der Waals surface area contributed by atoms with E-state index in [1.165, 1.54) is 11.1 Å². The molecule has 0 bridgehead atoms. The Bertz CT molecular complexity index is 802. The first-order valence-corrected chi connectivity index (χ1v) is 11.9. The molecule has 1 fully saturated rings. The van der Waals surface area contributed by atoms with Crippen molar-refractivity contribution in [2.75, 3.05) is 0 Å². The minimum absolute atomic E-state index is 0.0222. The number of benzene rings is 1. The summed E-state index contributed by atoms with van der Waals surface area (Å²) < 4.78 is 0. The van der Waals surface area contributed by atoms with Gasteiger partial charge in [-0.05, 0) is 62.0 Å². The number of Topliss-reactive ketones (excluding diaryl/α,β-unsaturated/α-hetero) is 1. The van der Waals surface area contributed by atoms with Gasteiger partial charge in [0.05, 0.1) is 12.2 Å². The van der Waals surface area contributed by atoms with Gasteiger partial charge in [-0.15, -0.1) is 0 Å². The van der Waals surface area contributed by atoms with Crippen molar-refractivity contribution in [2.24, 2.45) is 17.8 Å². The number of aliphatic hydroxyl groups is 2. The fourth-order valence-corrected chi connectivity index (χ4v) is 5.08. The Kier molecular flexibility index (Phi) is 9.24. The summed E-state index contributed by atoms with van der Waals surface area (Å²) in [6.45, 7) is 0. The van der Waals surface area contributed by atoms with Gasteiger partial charge in [0.2, 0.25) is 0 Å². The van der Waals surface area contributed by atoms with Crippen LogP contribution in [-0.4, -0.2) is 39.3 Å². The van der Waals surface area contributed by atoms with Crippen molar-refractivity contribution in [3.05, 3.63) is 59.7 Å². The van der Waals surface area contributed by atoms with Crippen molar-refractivity contribution in [1.82, 2.24) is 0 Å². The molecule has 3 rings (SSSR count). The lowest BCUT2D eigenvalue weighted by molar-refractivity contribution is -0.137. The van der Waals surface area contributed by atoms with Crippen LogP contribution < -0.4 is 0 Å². The van der Waals surface area contributed by atoms with Crippen molar-refractivity contribution < 1.29 is 24.9 Å². The topological polar surface area (TPSA) is 94.8 Å². The quantitative estimate of drug-likeness (QED) is 0.334. The van der Waals surface area contributed by atoms with Gasteiger partial charge < -0.3 is 15.3 Å². The van der Waals surface area contributed by atoms with E-state index in [1.807, 2.05) is 12.2 Å². The van der Waals surface area contributed by atoms with E-state index >= 15 is 0 Å². The Morgan fingerprint density at radius 3 is 2.50 bits per heavy atom. The third kappa shape index (κ3) is 7.14. The monoisotopic (exact) mass is 440 g/mol. The van der Waals surface area contributed by atoms with Gasteiger partial charge in [0.15, 0.2) is 0 Å². The molecule has 0 amide bonds. The second-order valence-corrected chi connectivity index (χ2v) is 9.35. The summed E-state index contributed by atoms with van der Waals surface area (Å²) in [5.74, 6) is -0.672. The average molecular weight is 441 g/mol. The SMILES string of the molecule is O=C(O)CCCC=CC[C@H]1[C@@H](O)CC(=O)[C@@H]1C=CC(O)CCCC1Cc2ccccc2C1. The minimum Gasteiger partial charge on any atom is -0.481 e. The summed E-state index contributed by atoms with van der Waals surface area (Å²) in [7, 11) is 0. The first-order chi connectivity index (χ1) is 15.4. The molecule has 174 valence electrons. The summed E-state index contributed by atoms with van der Waals surface area (Å²) in [5.41, 5.74) is 2.91. The number of rotatable bonds is 12. The maximum Gasteiger partial charge on any atom is 0.303 e.